The quantitative estimate of drug-likeness (QED) is 0.503. The molecule has 0 aromatic heterocycles. The Hall–Kier alpha value is -1.86. The van der Waals surface area contributed by atoms with E-state index in [-0.39, 0.29) is 11.5 Å². The molecule has 0 radical (unpaired) electrons. The van der Waals surface area contributed by atoms with Crippen molar-refractivity contribution in [1.82, 2.24) is 0 Å². The number of aliphatic hydroxyl groups is 1. The van der Waals surface area contributed by atoms with E-state index in [0.717, 1.165) is 25.7 Å². The molecule has 1 heteroatoms. The van der Waals surface area contributed by atoms with Gasteiger partial charge in [-0.05, 0) is 61.1 Å². The van der Waals surface area contributed by atoms with Crippen LogP contribution in [0.2, 0.25) is 0 Å². The summed E-state index contributed by atoms with van der Waals surface area (Å²) in [5.74, 6) is 0.379. The lowest BCUT2D eigenvalue weighted by molar-refractivity contribution is 0.107. The molecule has 2 aliphatic rings. The Morgan fingerprint density at radius 1 is 0.929 bits per heavy atom. The third-order valence-corrected chi connectivity index (χ3v) is 7.14. The summed E-state index contributed by atoms with van der Waals surface area (Å²) in [5, 5.41) is 10.9. The largest absolute Gasteiger partial charge is 0.393 e. The van der Waals surface area contributed by atoms with Crippen molar-refractivity contribution in [3.05, 3.63) is 77.4 Å². The summed E-state index contributed by atoms with van der Waals surface area (Å²) >= 11 is 0. The first kappa shape index (κ1) is 19.5. The van der Waals surface area contributed by atoms with Crippen LogP contribution >= 0.6 is 0 Å². The summed E-state index contributed by atoms with van der Waals surface area (Å²) in [5.41, 5.74) is 6.10. The van der Waals surface area contributed by atoms with E-state index in [0.29, 0.717) is 5.92 Å². The van der Waals surface area contributed by atoms with Gasteiger partial charge in [0.2, 0.25) is 0 Å². The van der Waals surface area contributed by atoms with Crippen LogP contribution in [0.15, 0.2) is 66.2 Å². The van der Waals surface area contributed by atoms with Crippen LogP contribution in [0, 0.1) is 11.3 Å². The summed E-state index contributed by atoms with van der Waals surface area (Å²) in [6.07, 6.45) is 10.4. The lowest BCUT2D eigenvalue weighted by atomic mass is 9.69. The van der Waals surface area contributed by atoms with Gasteiger partial charge in [0.05, 0.1) is 6.10 Å². The van der Waals surface area contributed by atoms with Gasteiger partial charge in [-0.2, -0.15) is 0 Å². The molecule has 0 heterocycles. The van der Waals surface area contributed by atoms with E-state index in [1.807, 2.05) is 0 Å². The van der Waals surface area contributed by atoms with Crippen LogP contribution in [-0.4, -0.2) is 11.2 Å². The molecule has 2 aliphatic carbocycles. The maximum Gasteiger partial charge on any atom is 0.0580 e. The second kappa shape index (κ2) is 8.66. The average molecular weight is 375 g/mol. The van der Waals surface area contributed by atoms with Gasteiger partial charge in [0.15, 0.2) is 0 Å². The van der Waals surface area contributed by atoms with E-state index < -0.39 is 0 Å². The lowest BCUT2D eigenvalue weighted by Crippen LogP contribution is -2.30. The summed E-state index contributed by atoms with van der Waals surface area (Å²) in [6, 6.07) is 22.0. The van der Waals surface area contributed by atoms with Crippen molar-refractivity contribution >= 4 is 5.57 Å². The highest BCUT2D eigenvalue weighted by atomic mass is 16.3. The van der Waals surface area contributed by atoms with Gasteiger partial charge in [0.25, 0.3) is 0 Å². The second-order valence-corrected chi connectivity index (χ2v) is 8.89. The monoisotopic (exact) mass is 374 g/mol. The molecule has 1 saturated carbocycles. The van der Waals surface area contributed by atoms with Gasteiger partial charge in [-0.15, -0.1) is 0 Å². The molecule has 1 N–H and O–H groups in total. The Balaban J connectivity index is 1.73. The lowest BCUT2D eigenvalue weighted by Gasteiger charge is -2.34. The molecule has 0 spiro atoms. The molecule has 0 unspecified atom stereocenters. The maximum absolute atomic E-state index is 10.9. The third kappa shape index (κ3) is 3.70. The zero-order valence-electron chi connectivity index (χ0n) is 17.2. The molecule has 1 nitrogen and oxygen atoms in total. The van der Waals surface area contributed by atoms with Gasteiger partial charge in [-0.3, -0.25) is 0 Å². The normalized spacial score (nSPS) is 26.6. The molecule has 2 aromatic carbocycles. The van der Waals surface area contributed by atoms with Crippen LogP contribution < -0.4 is 0 Å². The van der Waals surface area contributed by atoms with Gasteiger partial charge in [-0.25, -0.2) is 0 Å². The molecule has 148 valence electrons. The highest BCUT2D eigenvalue weighted by Crippen LogP contribution is 2.62. The summed E-state index contributed by atoms with van der Waals surface area (Å²) < 4.78 is 0. The van der Waals surface area contributed by atoms with Crippen LogP contribution in [-0.2, 0) is 6.42 Å². The first-order chi connectivity index (χ1) is 13.7. The second-order valence-electron chi connectivity index (χ2n) is 8.89. The number of hydrogen-bond donors (Lipinski definition) is 1. The Kier molecular flexibility index (Phi) is 6.01. The van der Waals surface area contributed by atoms with E-state index in [9.17, 15) is 5.11 Å². The van der Waals surface area contributed by atoms with E-state index in [1.165, 1.54) is 43.2 Å². The number of rotatable bonds is 8. The van der Waals surface area contributed by atoms with E-state index >= 15 is 0 Å². The predicted octanol–water partition coefficient (Wildman–Crippen LogP) is 6.81. The van der Waals surface area contributed by atoms with Crippen LogP contribution in [0.4, 0.5) is 0 Å². The Bertz CT molecular complexity index is 792. The fraction of sp³-hybridized carbons (Fsp3) is 0.481. The molecule has 0 amide bonds. The van der Waals surface area contributed by atoms with Crippen LogP contribution in [0.3, 0.4) is 0 Å². The third-order valence-electron chi connectivity index (χ3n) is 7.14. The van der Waals surface area contributed by atoms with E-state index in [2.05, 4.69) is 67.6 Å². The topological polar surface area (TPSA) is 20.2 Å². The van der Waals surface area contributed by atoms with Crippen molar-refractivity contribution in [2.75, 3.05) is 0 Å². The number of aliphatic hydroxyl groups excluding tert-OH is 1. The van der Waals surface area contributed by atoms with Crippen LogP contribution in [0.25, 0.3) is 5.57 Å². The standard InChI is InChI=1S/C27H34O/c1-2-3-4-9-16-23-19-24-25(28)17-18-27(24,20-21-12-7-5-8-13-21)26(23)22-14-10-6-11-15-22/h5-8,10-15,24-25,28H,2-4,9,16-20H2,1H3/t24-,25+,27-/m0/s1. The molecule has 1 fully saturated rings. The zero-order valence-corrected chi connectivity index (χ0v) is 17.2. The molecular formula is C27H34O. The number of fused-ring (bicyclic) bond motifs is 1. The first-order valence-electron chi connectivity index (χ1n) is 11.2. The maximum atomic E-state index is 10.9. The minimum Gasteiger partial charge on any atom is -0.393 e. The summed E-state index contributed by atoms with van der Waals surface area (Å²) in [4.78, 5) is 0. The number of hydrogen-bond acceptors (Lipinski definition) is 1. The number of benzene rings is 2. The van der Waals surface area contributed by atoms with Crippen molar-refractivity contribution in [1.29, 1.82) is 0 Å². The Labute approximate surface area is 170 Å². The van der Waals surface area contributed by atoms with Crippen molar-refractivity contribution < 1.29 is 5.11 Å². The summed E-state index contributed by atoms with van der Waals surface area (Å²) in [6.45, 7) is 2.28. The zero-order chi connectivity index (χ0) is 19.4. The highest BCUT2D eigenvalue weighted by molar-refractivity contribution is 5.77. The van der Waals surface area contributed by atoms with Crippen LogP contribution in [0.1, 0.15) is 69.4 Å². The molecule has 4 rings (SSSR count). The number of unbranched alkanes of at least 4 members (excludes halogenated alkanes) is 3. The minimum absolute atomic E-state index is 0.0994. The van der Waals surface area contributed by atoms with E-state index in [1.54, 1.807) is 11.1 Å². The SMILES string of the molecule is CCCCCCC1=C(c2ccccc2)[C@]2(Cc3ccccc3)CC[C@@H](O)[C@@H]2C1. The molecule has 0 bridgehead atoms. The summed E-state index contributed by atoms with van der Waals surface area (Å²) in [7, 11) is 0. The highest BCUT2D eigenvalue weighted by Gasteiger charge is 2.54. The first-order valence-corrected chi connectivity index (χ1v) is 11.2. The van der Waals surface area contributed by atoms with Gasteiger partial charge in [0.1, 0.15) is 0 Å². The van der Waals surface area contributed by atoms with E-state index in [4.69, 9.17) is 0 Å². The molecule has 3 atom stereocenters. The Morgan fingerprint density at radius 3 is 2.36 bits per heavy atom. The molecule has 2 aromatic rings. The smallest absolute Gasteiger partial charge is 0.0580 e. The molecule has 0 aliphatic heterocycles. The minimum atomic E-state index is -0.157. The van der Waals surface area contributed by atoms with Gasteiger partial charge >= 0.3 is 0 Å². The van der Waals surface area contributed by atoms with Crippen molar-refractivity contribution in [3.63, 3.8) is 0 Å². The van der Waals surface area contributed by atoms with Gasteiger partial charge < -0.3 is 5.11 Å². The molecule has 28 heavy (non-hydrogen) atoms. The van der Waals surface area contributed by atoms with Crippen LogP contribution in [0.5, 0.6) is 0 Å². The fourth-order valence-electron chi connectivity index (χ4n) is 5.88. The molecule has 0 saturated heterocycles. The van der Waals surface area contributed by atoms with Crippen molar-refractivity contribution in [2.45, 2.75) is 70.8 Å². The average Bonchev–Trinajstić information content (AvgIpc) is 3.20. The predicted molar refractivity (Wildman–Crippen MR) is 118 cm³/mol. The number of allylic oxidation sites excluding steroid dienone is 2. The van der Waals surface area contributed by atoms with Gasteiger partial charge in [0, 0.05) is 5.41 Å². The molecular weight excluding hydrogens is 340 g/mol. The fourth-order valence-corrected chi connectivity index (χ4v) is 5.88. The van der Waals surface area contributed by atoms with Crippen molar-refractivity contribution in [3.8, 4) is 0 Å². The van der Waals surface area contributed by atoms with Gasteiger partial charge in [-0.1, -0.05) is 92.4 Å². The van der Waals surface area contributed by atoms with Crippen molar-refractivity contribution in [2.24, 2.45) is 11.3 Å². The Morgan fingerprint density at radius 2 is 1.64 bits per heavy atom.